The van der Waals surface area contributed by atoms with Crippen LogP contribution < -0.4 is 0 Å². The van der Waals surface area contributed by atoms with E-state index < -0.39 is 0 Å². The van der Waals surface area contributed by atoms with E-state index in [4.69, 9.17) is 8.83 Å². The number of thiophene rings is 1. The first-order valence-corrected chi connectivity index (χ1v) is 38.3. The van der Waals surface area contributed by atoms with Gasteiger partial charge in [0, 0.05) is 119 Å². The number of furan rings is 1. The summed E-state index contributed by atoms with van der Waals surface area (Å²) >= 11 is 3.60. The van der Waals surface area contributed by atoms with E-state index in [1.165, 1.54) is 53.7 Å². The van der Waals surface area contributed by atoms with E-state index in [2.05, 4.69) is 149 Å². The van der Waals surface area contributed by atoms with Crippen LogP contribution in [0.4, 0.5) is 0 Å². The molecule has 0 bridgehead atoms. The van der Waals surface area contributed by atoms with Crippen molar-refractivity contribution in [1.29, 1.82) is 0 Å². The molecule has 0 unspecified atom stereocenters. The molecule has 0 amide bonds. The quantitative estimate of drug-likeness (QED) is 0.139. The normalized spacial score (nSPS) is 8.36. The Hall–Kier alpha value is -8.57. The van der Waals surface area contributed by atoms with Crippen LogP contribution in [-0.4, -0.2) is 92.5 Å². The smallest absolute Gasteiger partial charge is 0.191 e. The Labute approximate surface area is 705 Å². The summed E-state index contributed by atoms with van der Waals surface area (Å²) in [6.45, 7) is 74.2. The second-order valence-electron chi connectivity index (χ2n) is 22.7. The van der Waals surface area contributed by atoms with Crippen LogP contribution in [0.25, 0.3) is 0 Å². The molecule has 0 radical (unpaired) electrons. The third kappa shape index (κ3) is 62.5. The summed E-state index contributed by atoms with van der Waals surface area (Å²) < 4.78 is 24.0. The number of rotatable bonds is 0. The molecule has 12 aromatic heterocycles. The fraction of sp³-hybridized carbons (Fsp3) is 0.589. The van der Waals surface area contributed by atoms with Gasteiger partial charge in [0.1, 0.15) is 40.6 Å². The molecular formula is C90H179N19O2S2. The molecule has 0 aromatic carbocycles. The molecule has 12 rings (SSSR count). The number of aryl methyl sites for hydroxylation is 27. The highest BCUT2D eigenvalue weighted by Crippen LogP contribution is 2.15. The molecule has 21 nitrogen and oxygen atoms in total. The summed E-state index contributed by atoms with van der Waals surface area (Å²) in [5.41, 5.74) is 15.0. The minimum atomic E-state index is 0. The Kier molecular flexibility index (Phi) is 95.1. The van der Waals surface area contributed by atoms with Crippen LogP contribution in [-0.2, 0) is 56.4 Å². The third-order valence-corrected chi connectivity index (χ3v) is 16.2. The van der Waals surface area contributed by atoms with E-state index in [-0.39, 0.29) is 59.4 Å². The Bertz CT molecular complexity index is 3380. The molecule has 0 aliphatic heterocycles. The maximum absolute atomic E-state index is 5.10. The molecule has 0 fully saturated rings. The second kappa shape index (κ2) is 78.7. The molecule has 0 N–H and O–H groups in total. The van der Waals surface area contributed by atoms with Gasteiger partial charge in [-0.1, -0.05) is 142 Å². The van der Waals surface area contributed by atoms with Crippen molar-refractivity contribution in [3.63, 3.8) is 0 Å². The molecule has 0 atom stereocenters. The average molecular weight is 1620 g/mol. The predicted octanol–water partition coefficient (Wildman–Crippen LogP) is 26.6. The zero-order chi connectivity index (χ0) is 83.1. The highest BCUT2D eigenvalue weighted by atomic mass is 32.1. The lowest BCUT2D eigenvalue weighted by atomic mass is 10.4. The number of aromatic nitrogens is 19. The maximum atomic E-state index is 5.10. The van der Waals surface area contributed by atoms with Crippen LogP contribution >= 0.6 is 22.7 Å². The Morgan fingerprint density at radius 1 is 0.345 bits per heavy atom. The molecule has 0 aliphatic carbocycles. The highest BCUT2D eigenvalue weighted by Gasteiger charge is 2.03. The van der Waals surface area contributed by atoms with Gasteiger partial charge in [0.15, 0.2) is 5.89 Å². The van der Waals surface area contributed by atoms with Gasteiger partial charge in [0.2, 0.25) is 0 Å². The molecule has 12 heterocycles. The van der Waals surface area contributed by atoms with Gasteiger partial charge in [-0.05, 0) is 214 Å². The number of hydrogen-bond donors (Lipinski definition) is 0. The fourth-order valence-electron chi connectivity index (χ4n) is 7.62. The average Bonchev–Trinajstić information content (AvgIpc) is 1.73. The van der Waals surface area contributed by atoms with Gasteiger partial charge >= 0.3 is 0 Å². The van der Waals surface area contributed by atoms with Crippen LogP contribution in [0.15, 0.2) is 82.4 Å². The number of hydrogen-bond acceptors (Lipinski definition) is 15. The first kappa shape index (κ1) is 137. The summed E-state index contributed by atoms with van der Waals surface area (Å²) in [6, 6.07) is 14.4. The Balaban J connectivity index is -0.0000000774. The van der Waals surface area contributed by atoms with E-state index >= 15 is 0 Å². The zero-order valence-corrected chi connectivity index (χ0v) is 76.2. The van der Waals surface area contributed by atoms with Crippen LogP contribution in [0.2, 0.25) is 0 Å². The fourth-order valence-corrected chi connectivity index (χ4v) is 9.22. The van der Waals surface area contributed by atoms with Crippen molar-refractivity contribution in [3.8, 4) is 0 Å². The minimum absolute atomic E-state index is 0. The highest BCUT2D eigenvalue weighted by molar-refractivity contribution is 7.12. The van der Waals surface area contributed by atoms with Gasteiger partial charge in [-0.3, -0.25) is 9.36 Å². The van der Waals surface area contributed by atoms with E-state index in [0.717, 1.165) is 86.3 Å². The molecule has 0 saturated heterocycles. The molecule has 12 aromatic rings. The second-order valence-corrected chi connectivity index (χ2v) is 25.6. The van der Waals surface area contributed by atoms with E-state index in [0.29, 0.717) is 0 Å². The lowest BCUT2D eigenvalue weighted by Crippen LogP contribution is -1.92. The number of oxazole rings is 1. The van der Waals surface area contributed by atoms with Crippen LogP contribution in [0.3, 0.4) is 0 Å². The first-order valence-electron chi connectivity index (χ1n) is 36.6. The SMILES string of the molecule is C.C.C.C.C.C.C.C.CC.CC.CC.CC.CC.CC.Cc1ccc(C)n1C.Cc1ccc(C)o1.Cc1ccc(C)s1.Cc1ccn(C)n1.Cc1cn(C)cn1.Cc1cnn(C)c1.Cc1nc(C)c(C)o1.Cc1nc(C)c(C)s1.Cc1nc(C)n(C)c1C.Cc1nc(C)n(C)c1C.Cc1nn(C)nc1C.Cc1nnc(C)n1C. The van der Waals surface area contributed by atoms with Gasteiger partial charge in [-0.2, -0.15) is 25.2 Å². The van der Waals surface area contributed by atoms with Crippen molar-refractivity contribution >= 4 is 22.7 Å². The molecule has 113 heavy (non-hydrogen) atoms. The van der Waals surface area contributed by atoms with Crippen molar-refractivity contribution in [3.05, 3.63) is 214 Å². The zero-order valence-electron chi connectivity index (χ0n) is 74.6. The molecule has 0 spiro atoms. The van der Waals surface area contributed by atoms with Crippen LogP contribution in [0.1, 0.15) is 282 Å². The predicted molar refractivity (Wildman–Crippen MR) is 505 cm³/mol. The standard InChI is InChI=1S/2C7H12N2.C7H11N.C6H9NO.C6H9NS.C6H8O.C6H8S.2C5H9N3.3C5H8N2.6C2H6.8CH4/c2*1-5-6(2)9(4)7(3)8-5;1-6-4-5-7(2)8(6)3;2*1-4-5(2)8-6(3)7-4;2*1-5-3-4-6(2)7-5;1-4-6-7-5(2)8(4)3;1-4-5(2)7-8(3)6-4;1-5-3-7(2)4-6-5;1-5-3-6-7(2)4-5;1-5-3-4-7(2)6-5;6*1-2;;;;;;;;/h2*1-4H3;4-5H,1-3H3;2*1-3H3;2*3-4H,1-2H3;2*1-3H3;3*3-4H,1-2H3;6*1-2H3;8*1H4. The van der Waals surface area contributed by atoms with Crippen molar-refractivity contribution in [2.75, 3.05) is 0 Å². The number of nitrogens with zero attached hydrogens (tertiary/aromatic N) is 19. The third-order valence-electron chi connectivity index (χ3n) is 14.3. The summed E-state index contributed by atoms with van der Waals surface area (Å²) in [4.78, 5) is 26.5. The largest absolute Gasteiger partial charge is 0.467 e. The van der Waals surface area contributed by atoms with Gasteiger partial charge in [0.25, 0.3) is 0 Å². The number of imidazole rings is 3. The molecular weight excluding hydrogens is 1440 g/mol. The topological polar surface area (TPSA) is 208 Å². The Morgan fingerprint density at radius 3 is 0.841 bits per heavy atom. The Morgan fingerprint density at radius 2 is 0.743 bits per heavy atom. The van der Waals surface area contributed by atoms with E-state index in [1.807, 2.05) is 321 Å². The van der Waals surface area contributed by atoms with Crippen molar-refractivity contribution < 1.29 is 8.83 Å². The monoisotopic (exact) mass is 1620 g/mol. The summed E-state index contributed by atoms with van der Waals surface area (Å²) in [5.74, 6) is 7.73. The van der Waals surface area contributed by atoms with Crippen molar-refractivity contribution in [1.82, 2.24) is 92.5 Å². The van der Waals surface area contributed by atoms with Gasteiger partial charge < -0.3 is 31.7 Å². The first-order chi connectivity index (χ1) is 49.2. The van der Waals surface area contributed by atoms with Crippen LogP contribution in [0, 0.1) is 173 Å². The summed E-state index contributed by atoms with van der Waals surface area (Å²) in [5, 5.41) is 24.8. The maximum Gasteiger partial charge on any atom is 0.191 e. The lowest BCUT2D eigenvalue weighted by molar-refractivity contribution is 0.493. The molecule has 658 valence electrons. The van der Waals surface area contributed by atoms with Gasteiger partial charge in [-0.15, -0.1) is 32.9 Å². The van der Waals surface area contributed by atoms with Crippen molar-refractivity contribution in [2.45, 2.75) is 316 Å². The van der Waals surface area contributed by atoms with E-state index in [1.54, 1.807) is 31.8 Å². The lowest BCUT2D eigenvalue weighted by Gasteiger charge is -1.96. The molecule has 0 saturated carbocycles. The molecule has 0 aliphatic rings. The molecule has 23 heteroatoms. The summed E-state index contributed by atoms with van der Waals surface area (Å²) in [7, 11) is 15.7. The van der Waals surface area contributed by atoms with Gasteiger partial charge in [-0.25, -0.2) is 24.9 Å². The van der Waals surface area contributed by atoms with Gasteiger partial charge in [0.05, 0.1) is 63.1 Å². The van der Waals surface area contributed by atoms with Crippen molar-refractivity contribution in [2.24, 2.45) is 56.4 Å². The number of thiazole rings is 1. The van der Waals surface area contributed by atoms with E-state index in [9.17, 15) is 0 Å². The summed E-state index contributed by atoms with van der Waals surface area (Å²) in [6.07, 6.45) is 9.49. The minimum Gasteiger partial charge on any atom is -0.467 e. The van der Waals surface area contributed by atoms with Crippen LogP contribution in [0.5, 0.6) is 0 Å².